The number of halogens is 1. The first-order valence-electron chi connectivity index (χ1n) is 6.06. The number of nitrogens with one attached hydrogen (secondary N) is 1. The number of carbonyl (C=O) groups excluding carboxylic acids is 1. The van der Waals surface area contributed by atoms with Gasteiger partial charge in [-0.2, -0.15) is 0 Å². The van der Waals surface area contributed by atoms with Gasteiger partial charge in [-0.1, -0.05) is 12.1 Å². The van der Waals surface area contributed by atoms with Crippen LogP contribution >= 0.6 is 0 Å². The maximum atomic E-state index is 13.1. The van der Waals surface area contributed by atoms with Crippen LogP contribution in [-0.4, -0.2) is 13.0 Å². The van der Waals surface area contributed by atoms with Crippen LogP contribution in [0.5, 0.6) is 5.75 Å². The van der Waals surface area contributed by atoms with E-state index < -0.39 is 5.91 Å². The number of rotatable bonds is 5. The molecule has 0 aliphatic carbocycles. The van der Waals surface area contributed by atoms with Crippen LogP contribution in [0.4, 0.5) is 10.1 Å². The van der Waals surface area contributed by atoms with E-state index in [-0.39, 0.29) is 5.82 Å². The second-order valence-electron chi connectivity index (χ2n) is 4.26. The van der Waals surface area contributed by atoms with Gasteiger partial charge in [0.2, 0.25) is 5.91 Å². The first-order valence-corrected chi connectivity index (χ1v) is 6.06. The minimum absolute atomic E-state index is 0.358. The van der Waals surface area contributed by atoms with Crippen molar-refractivity contribution in [3.63, 3.8) is 0 Å². The number of hydrogen-bond donors (Lipinski definition) is 2. The number of ether oxygens (including phenoxy) is 1. The van der Waals surface area contributed by atoms with Crippen molar-refractivity contribution < 1.29 is 13.9 Å². The molecule has 5 heteroatoms. The Labute approximate surface area is 116 Å². The normalized spacial score (nSPS) is 10.1. The summed E-state index contributed by atoms with van der Waals surface area (Å²) >= 11 is 0. The molecule has 0 aromatic heterocycles. The first-order chi connectivity index (χ1) is 9.60. The highest BCUT2D eigenvalue weighted by atomic mass is 19.1. The molecule has 0 heterocycles. The SMILES string of the molecule is COc1cc(F)ccc1NCc1cccc(C(N)=O)c1. The van der Waals surface area contributed by atoms with Crippen molar-refractivity contribution in [2.75, 3.05) is 12.4 Å². The average molecular weight is 274 g/mol. The van der Waals surface area contributed by atoms with Crippen LogP contribution in [-0.2, 0) is 6.54 Å². The fraction of sp³-hybridized carbons (Fsp3) is 0.133. The maximum absolute atomic E-state index is 13.1. The van der Waals surface area contributed by atoms with E-state index in [1.807, 2.05) is 6.07 Å². The van der Waals surface area contributed by atoms with Crippen LogP contribution in [0.1, 0.15) is 15.9 Å². The van der Waals surface area contributed by atoms with Gasteiger partial charge in [0.15, 0.2) is 0 Å². The molecule has 2 aromatic rings. The van der Waals surface area contributed by atoms with Gasteiger partial charge in [0, 0.05) is 18.2 Å². The number of methoxy groups -OCH3 is 1. The molecule has 3 N–H and O–H groups in total. The highest BCUT2D eigenvalue weighted by Crippen LogP contribution is 2.25. The fourth-order valence-electron chi connectivity index (χ4n) is 1.84. The standard InChI is InChI=1S/C15H15FN2O2/c1-20-14-8-12(16)5-6-13(14)18-9-10-3-2-4-11(7-10)15(17)19/h2-8,18H,9H2,1H3,(H2,17,19). The Bertz CT molecular complexity index is 629. The van der Waals surface area contributed by atoms with E-state index in [1.165, 1.54) is 19.2 Å². The van der Waals surface area contributed by atoms with E-state index in [9.17, 15) is 9.18 Å². The largest absolute Gasteiger partial charge is 0.494 e. The van der Waals surface area contributed by atoms with Gasteiger partial charge in [-0.3, -0.25) is 4.79 Å². The van der Waals surface area contributed by atoms with Gasteiger partial charge in [0.1, 0.15) is 11.6 Å². The zero-order valence-corrected chi connectivity index (χ0v) is 11.0. The summed E-state index contributed by atoms with van der Waals surface area (Å²) in [5, 5.41) is 3.13. The Morgan fingerprint density at radius 3 is 2.80 bits per heavy atom. The van der Waals surface area contributed by atoms with Gasteiger partial charge in [0.25, 0.3) is 0 Å². The third-order valence-corrected chi connectivity index (χ3v) is 2.86. The van der Waals surface area contributed by atoms with E-state index in [4.69, 9.17) is 10.5 Å². The summed E-state index contributed by atoms with van der Waals surface area (Å²) in [4.78, 5) is 11.1. The van der Waals surface area contributed by atoms with Crippen LogP contribution in [0.2, 0.25) is 0 Å². The molecule has 1 amide bonds. The molecule has 2 rings (SSSR count). The predicted octanol–water partition coefficient (Wildman–Crippen LogP) is 2.55. The maximum Gasteiger partial charge on any atom is 0.248 e. The quantitative estimate of drug-likeness (QED) is 0.880. The number of nitrogens with two attached hydrogens (primary N) is 1. The first kappa shape index (κ1) is 13.9. The number of benzene rings is 2. The number of carbonyl (C=O) groups is 1. The third-order valence-electron chi connectivity index (χ3n) is 2.86. The van der Waals surface area contributed by atoms with E-state index in [0.717, 1.165) is 5.56 Å². The number of hydrogen-bond acceptors (Lipinski definition) is 3. The van der Waals surface area contributed by atoms with Gasteiger partial charge in [0.05, 0.1) is 12.8 Å². The fourth-order valence-corrected chi connectivity index (χ4v) is 1.84. The highest BCUT2D eigenvalue weighted by molar-refractivity contribution is 5.92. The van der Waals surface area contributed by atoms with Crippen molar-refractivity contribution in [3.8, 4) is 5.75 Å². The lowest BCUT2D eigenvalue weighted by Crippen LogP contribution is -2.11. The summed E-state index contributed by atoms with van der Waals surface area (Å²) in [6.07, 6.45) is 0. The predicted molar refractivity (Wildman–Crippen MR) is 75.2 cm³/mol. The molecule has 104 valence electrons. The van der Waals surface area contributed by atoms with Crippen LogP contribution in [0, 0.1) is 5.82 Å². The van der Waals surface area contributed by atoms with Crippen molar-refractivity contribution in [1.29, 1.82) is 0 Å². The molecule has 0 aliphatic heterocycles. The number of amides is 1. The molecule has 0 saturated carbocycles. The molecule has 0 fully saturated rings. The third kappa shape index (κ3) is 3.26. The molecule has 0 aliphatic rings. The van der Waals surface area contributed by atoms with Crippen LogP contribution in [0.3, 0.4) is 0 Å². The topological polar surface area (TPSA) is 64.3 Å². The van der Waals surface area contributed by atoms with Crippen molar-refractivity contribution in [2.24, 2.45) is 5.73 Å². The lowest BCUT2D eigenvalue weighted by atomic mass is 10.1. The summed E-state index contributed by atoms with van der Waals surface area (Å²) in [5.41, 5.74) is 7.26. The number of anilines is 1. The molecular weight excluding hydrogens is 259 g/mol. The minimum atomic E-state index is -0.466. The summed E-state index contributed by atoms with van der Waals surface area (Å²) in [6.45, 7) is 0.475. The van der Waals surface area contributed by atoms with Gasteiger partial charge >= 0.3 is 0 Å². The van der Waals surface area contributed by atoms with E-state index in [0.29, 0.717) is 23.5 Å². The second-order valence-corrected chi connectivity index (χ2v) is 4.26. The smallest absolute Gasteiger partial charge is 0.248 e. The summed E-state index contributed by atoms with van der Waals surface area (Å²) in [7, 11) is 1.48. The summed E-state index contributed by atoms with van der Waals surface area (Å²) in [6, 6.07) is 11.3. The van der Waals surface area contributed by atoms with Crippen molar-refractivity contribution in [3.05, 3.63) is 59.4 Å². The second kappa shape index (κ2) is 6.06. The molecule has 0 unspecified atom stereocenters. The van der Waals surface area contributed by atoms with Crippen LogP contribution < -0.4 is 15.8 Å². The van der Waals surface area contributed by atoms with Crippen molar-refractivity contribution in [2.45, 2.75) is 6.54 Å². The van der Waals surface area contributed by atoms with Crippen molar-refractivity contribution >= 4 is 11.6 Å². The molecule has 20 heavy (non-hydrogen) atoms. The van der Waals surface area contributed by atoms with Gasteiger partial charge < -0.3 is 15.8 Å². The lowest BCUT2D eigenvalue weighted by molar-refractivity contribution is 0.1000. The van der Waals surface area contributed by atoms with E-state index in [1.54, 1.807) is 24.3 Å². The summed E-state index contributed by atoms with van der Waals surface area (Å²) in [5.74, 6) is -0.398. The Hall–Kier alpha value is -2.56. The zero-order valence-electron chi connectivity index (χ0n) is 11.0. The lowest BCUT2D eigenvalue weighted by Gasteiger charge is -2.11. The molecule has 4 nitrogen and oxygen atoms in total. The number of primary amides is 1. The Kier molecular flexibility index (Phi) is 4.20. The molecule has 2 aromatic carbocycles. The Balaban J connectivity index is 2.12. The Morgan fingerprint density at radius 1 is 1.30 bits per heavy atom. The van der Waals surface area contributed by atoms with Gasteiger partial charge in [-0.25, -0.2) is 4.39 Å². The van der Waals surface area contributed by atoms with E-state index >= 15 is 0 Å². The van der Waals surface area contributed by atoms with Crippen LogP contribution in [0.15, 0.2) is 42.5 Å². The highest BCUT2D eigenvalue weighted by Gasteiger charge is 2.05. The molecule has 0 saturated heterocycles. The van der Waals surface area contributed by atoms with Crippen LogP contribution in [0.25, 0.3) is 0 Å². The van der Waals surface area contributed by atoms with Gasteiger partial charge in [-0.05, 0) is 29.8 Å². The van der Waals surface area contributed by atoms with E-state index in [2.05, 4.69) is 5.32 Å². The zero-order chi connectivity index (χ0) is 14.5. The average Bonchev–Trinajstić information content (AvgIpc) is 2.46. The minimum Gasteiger partial charge on any atom is -0.494 e. The molecule has 0 radical (unpaired) electrons. The van der Waals surface area contributed by atoms with Crippen molar-refractivity contribution in [1.82, 2.24) is 0 Å². The summed E-state index contributed by atoms with van der Waals surface area (Å²) < 4.78 is 18.2. The molecule has 0 spiro atoms. The Morgan fingerprint density at radius 2 is 2.10 bits per heavy atom. The monoisotopic (exact) mass is 274 g/mol. The van der Waals surface area contributed by atoms with Gasteiger partial charge in [-0.15, -0.1) is 0 Å². The molecule has 0 atom stereocenters. The molecular formula is C15H15FN2O2. The molecule has 0 bridgehead atoms.